The van der Waals surface area contributed by atoms with Crippen LogP contribution in [0, 0.1) is 18.6 Å². The zero-order chi connectivity index (χ0) is 20.6. The maximum atomic E-state index is 13.1. The lowest BCUT2D eigenvalue weighted by molar-refractivity contribution is 0.580. The van der Waals surface area contributed by atoms with Crippen LogP contribution in [0.25, 0.3) is 16.3 Å². The number of benzene rings is 2. The molecule has 2 aromatic heterocycles. The Kier molecular flexibility index (Phi) is 5.15. The predicted molar refractivity (Wildman–Crippen MR) is 106 cm³/mol. The Morgan fingerprint density at radius 1 is 1.03 bits per heavy atom. The molecule has 0 saturated carbocycles. The summed E-state index contributed by atoms with van der Waals surface area (Å²) in [7, 11) is -3.70. The number of hydrogen-bond acceptors (Lipinski definition) is 5. The minimum Gasteiger partial charge on any atom is -0.211 e. The van der Waals surface area contributed by atoms with Gasteiger partial charge in [0.2, 0.25) is 15.0 Å². The molecule has 6 nitrogen and oxygen atoms in total. The van der Waals surface area contributed by atoms with Gasteiger partial charge in [-0.1, -0.05) is 11.3 Å². The maximum absolute atomic E-state index is 13.1. The van der Waals surface area contributed by atoms with Crippen LogP contribution >= 0.6 is 11.3 Å². The average Bonchev–Trinajstić information content (AvgIpc) is 3.22. The minimum absolute atomic E-state index is 0.0159. The summed E-state index contributed by atoms with van der Waals surface area (Å²) in [6, 6.07) is 10.6. The number of nitrogens with zero attached hydrogens (tertiary/aromatic N) is 3. The first-order valence-corrected chi connectivity index (χ1v) is 11.0. The molecule has 1 N–H and O–H groups in total. The summed E-state index contributed by atoms with van der Waals surface area (Å²) in [5.74, 6) is -0.312. The summed E-state index contributed by atoms with van der Waals surface area (Å²) in [5.41, 5.74) is 1.59. The number of fused-ring (bicyclic) bond motifs is 1. The van der Waals surface area contributed by atoms with Crippen LogP contribution in [-0.4, -0.2) is 29.6 Å². The van der Waals surface area contributed by atoms with Crippen molar-refractivity contribution in [3.63, 3.8) is 0 Å². The normalized spacial score (nSPS) is 12.0. The van der Waals surface area contributed by atoms with Crippen LogP contribution in [0.2, 0.25) is 0 Å². The number of aromatic nitrogens is 3. The van der Waals surface area contributed by atoms with Crippen molar-refractivity contribution in [2.45, 2.75) is 18.2 Å². The van der Waals surface area contributed by atoms with E-state index in [1.807, 2.05) is 6.92 Å². The van der Waals surface area contributed by atoms with Gasteiger partial charge in [0.05, 0.1) is 10.6 Å². The molecule has 2 aromatic carbocycles. The van der Waals surface area contributed by atoms with Gasteiger partial charge in [-0.2, -0.15) is 4.98 Å². The van der Waals surface area contributed by atoms with E-state index in [9.17, 15) is 17.2 Å². The van der Waals surface area contributed by atoms with Crippen LogP contribution in [0.5, 0.6) is 0 Å². The number of nitrogens with one attached hydrogen (secondary N) is 1. The molecular formula is C19H16F2N4O2S2. The molecular weight excluding hydrogens is 418 g/mol. The van der Waals surface area contributed by atoms with Crippen molar-refractivity contribution in [3.8, 4) is 11.4 Å². The second-order valence-corrected chi connectivity index (χ2v) is 9.18. The van der Waals surface area contributed by atoms with Gasteiger partial charge in [0.25, 0.3) is 0 Å². The van der Waals surface area contributed by atoms with Gasteiger partial charge in [0.15, 0.2) is 5.82 Å². The maximum Gasteiger partial charge on any atom is 0.240 e. The van der Waals surface area contributed by atoms with Gasteiger partial charge in [0.1, 0.15) is 11.6 Å². The molecule has 0 bridgehead atoms. The Morgan fingerprint density at radius 3 is 2.28 bits per heavy atom. The average molecular weight is 434 g/mol. The molecule has 4 rings (SSSR count). The molecule has 0 spiro atoms. The summed E-state index contributed by atoms with van der Waals surface area (Å²) in [4.78, 5) is 6.13. The predicted octanol–water partition coefficient (Wildman–Crippen LogP) is 3.57. The summed E-state index contributed by atoms with van der Waals surface area (Å²) in [5, 5.41) is 4.46. The van der Waals surface area contributed by atoms with Crippen molar-refractivity contribution < 1.29 is 17.2 Å². The third-order valence-corrected chi connectivity index (χ3v) is 7.05. The molecule has 0 fully saturated rings. The van der Waals surface area contributed by atoms with Crippen LogP contribution in [0.4, 0.5) is 8.78 Å². The lowest BCUT2D eigenvalue weighted by atomic mass is 10.2. The first kappa shape index (κ1) is 19.6. The van der Waals surface area contributed by atoms with Gasteiger partial charge >= 0.3 is 0 Å². The van der Waals surface area contributed by atoms with Crippen LogP contribution in [0.1, 0.15) is 10.6 Å². The van der Waals surface area contributed by atoms with Gasteiger partial charge in [-0.3, -0.25) is 0 Å². The Hall–Kier alpha value is -2.69. The molecule has 0 amide bonds. The van der Waals surface area contributed by atoms with Crippen molar-refractivity contribution in [2.75, 3.05) is 6.54 Å². The highest BCUT2D eigenvalue weighted by molar-refractivity contribution is 7.89. The zero-order valence-corrected chi connectivity index (χ0v) is 16.9. The van der Waals surface area contributed by atoms with Gasteiger partial charge in [-0.25, -0.2) is 26.4 Å². The molecule has 0 unspecified atom stereocenters. The summed E-state index contributed by atoms with van der Waals surface area (Å²) in [6.45, 7) is 2.07. The lowest BCUT2D eigenvalue weighted by Gasteiger charge is -2.06. The van der Waals surface area contributed by atoms with E-state index in [0.29, 0.717) is 17.2 Å². The van der Waals surface area contributed by atoms with E-state index in [1.165, 1.54) is 35.6 Å². The van der Waals surface area contributed by atoms with E-state index in [2.05, 4.69) is 14.8 Å². The highest BCUT2D eigenvalue weighted by Crippen LogP contribution is 2.25. The van der Waals surface area contributed by atoms with Crippen LogP contribution in [-0.2, 0) is 16.4 Å². The Labute approximate surface area is 169 Å². The molecule has 0 aliphatic rings. The first-order chi connectivity index (χ1) is 13.8. The molecule has 4 aromatic rings. The van der Waals surface area contributed by atoms with E-state index in [4.69, 9.17) is 0 Å². The van der Waals surface area contributed by atoms with Crippen molar-refractivity contribution in [3.05, 3.63) is 70.7 Å². The monoisotopic (exact) mass is 434 g/mol. The van der Waals surface area contributed by atoms with Crippen LogP contribution in [0.15, 0.2) is 53.4 Å². The highest BCUT2D eigenvalue weighted by Gasteiger charge is 2.17. The summed E-state index contributed by atoms with van der Waals surface area (Å²) in [6.07, 6.45) is 0.466. The molecule has 2 heterocycles. The van der Waals surface area contributed by atoms with Crippen molar-refractivity contribution in [1.82, 2.24) is 19.3 Å². The van der Waals surface area contributed by atoms with Crippen LogP contribution in [0.3, 0.4) is 0 Å². The Morgan fingerprint density at radius 2 is 1.66 bits per heavy atom. The van der Waals surface area contributed by atoms with E-state index in [1.54, 1.807) is 16.6 Å². The number of halogens is 2. The number of aryl methyl sites for hydroxylation is 1. The fraction of sp³-hybridized carbons (Fsp3) is 0.158. The number of hydrogen-bond donors (Lipinski definition) is 1. The number of thiazole rings is 1. The van der Waals surface area contributed by atoms with E-state index >= 15 is 0 Å². The van der Waals surface area contributed by atoms with Crippen molar-refractivity contribution >= 4 is 26.3 Å². The molecule has 150 valence electrons. The largest absolute Gasteiger partial charge is 0.240 e. The lowest BCUT2D eigenvalue weighted by Crippen LogP contribution is -2.26. The second-order valence-electron chi connectivity index (χ2n) is 6.35. The van der Waals surface area contributed by atoms with E-state index < -0.39 is 15.8 Å². The topological polar surface area (TPSA) is 76.4 Å². The summed E-state index contributed by atoms with van der Waals surface area (Å²) >= 11 is 1.42. The smallest absolute Gasteiger partial charge is 0.211 e. The molecule has 0 saturated heterocycles. The van der Waals surface area contributed by atoms with Gasteiger partial charge in [-0.15, -0.1) is 5.10 Å². The fourth-order valence-electron chi connectivity index (χ4n) is 2.83. The van der Waals surface area contributed by atoms with Crippen LogP contribution < -0.4 is 4.72 Å². The SMILES string of the molecule is Cc1c(CCNS(=O)(=O)c2ccc(F)cc2)sc2nc(-c3ccc(F)cc3)nn12. The Balaban J connectivity index is 1.47. The number of sulfonamides is 1. The third-order valence-electron chi connectivity index (χ3n) is 4.38. The van der Waals surface area contributed by atoms with E-state index in [0.717, 1.165) is 28.3 Å². The van der Waals surface area contributed by atoms with E-state index in [-0.39, 0.29) is 17.3 Å². The standard InChI is InChI=1S/C19H16F2N4O2S2/c1-12-17(10-11-22-29(26,27)16-8-6-15(21)7-9-16)28-19-23-18(24-25(12)19)13-2-4-14(20)5-3-13/h2-9,22H,10-11H2,1H3. The van der Waals surface area contributed by atoms with Gasteiger partial charge < -0.3 is 0 Å². The Bertz CT molecular complexity index is 1260. The quantitative estimate of drug-likeness (QED) is 0.503. The molecule has 10 heteroatoms. The first-order valence-electron chi connectivity index (χ1n) is 8.70. The molecule has 0 aliphatic heterocycles. The van der Waals surface area contributed by atoms with Crippen molar-refractivity contribution in [2.24, 2.45) is 0 Å². The highest BCUT2D eigenvalue weighted by atomic mass is 32.2. The molecule has 29 heavy (non-hydrogen) atoms. The van der Waals surface area contributed by atoms with Gasteiger partial charge in [0, 0.05) is 17.0 Å². The van der Waals surface area contributed by atoms with Gasteiger partial charge in [-0.05, 0) is 61.9 Å². The molecule has 0 atom stereocenters. The minimum atomic E-state index is -3.70. The van der Waals surface area contributed by atoms with Crippen molar-refractivity contribution in [1.29, 1.82) is 0 Å². The molecule has 0 radical (unpaired) electrons. The number of rotatable bonds is 6. The fourth-order valence-corrected chi connectivity index (χ4v) is 4.92. The zero-order valence-electron chi connectivity index (χ0n) is 15.3. The summed E-state index contributed by atoms with van der Waals surface area (Å²) < 4.78 is 54.8. The third kappa shape index (κ3) is 4.04. The second kappa shape index (κ2) is 7.62. The molecule has 0 aliphatic carbocycles.